The number of ether oxygens (including phenoxy) is 2. The van der Waals surface area contributed by atoms with Crippen molar-refractivity contribution >= 4 is 0 Å². The van der Waals surface area contributed by atoms with Crippen LogP contribution in [-0.2, 0) is 11.2 Å². The standard InChI is InChI=1S/C23H38NO2/c1-6-24(4,7-2)18(3)23-14-9-8-10-22(23)21-16-20(26-17-25-5)12-11-19(21)13-15-23/h11-12,16,18,22H,6-10,13-15,17H2,1-5H3/q+1. The molecule has 1 aromatic carbocycles. The third kappa shape index (κ3) is 3.29. The molecule has 1 saturated carbocycles. The molecule has 0 spiro atoms. The Morgan fingerprint density at radius 1 is 1.19 bits per heavy atom. The Labute approximate surface area is 160 Å². The lowest BCUT2D eigenvalue weighted by Gasteiger charge is -2.56. The second-order valence-corrected chi connectivity index (χ2v) is 8.73. The van der Waals surface area contributed by atoms with Crippen LogP contribution in [0.5, 0.6) is 5.75 Å². The number of methoxy groups -OCH3 is 1. The number of fused-ring (bicyclic) bond motifs is 3. The summed E-state index contributed by atoms with van der Waals surface area (Å²) < 4.78 is 12.1. The summed E-state index contributed by atoms with van der Waals surface area (Å²) in [6, 6.07) is 7.44. The third-order valence-electron chi connectivity index (χ3n) is 7.99. The van der Waals surface area contributed by atoms with Crippen LogP contribution in [0.1, 0.15) is 69.9 Å². The van der Waals surface area contributed by atoms with E-state index in [2.05, 4.69) is 46.0 Å². The van der Waals surface area contributed by atoms with Gasteiger partial charge in [-0.15, -0.1) is 0 Å². The van der Waals surface area contributed by atoms with E-state index >= 15 is 0 Å². The van der Waals surface area contributed by atoms with E-state index in [9.17, 15) is 0 Å². The summed E-state index contributed by atoms with van der Waals surface area (Å²) in [5.41, 5.74) is 3.55. The zero-order valence-electron chi connectivity index (χ0n) is 17.5. The molecule has 0 radical (unpaired) electrons. The van der Waals surface area contributed by atoms with E-state index in [1.165, 1.54) is 56.1 Å². The highest BCUT2D eigenvalue weighted by Crippen LogP contribution is 2.58. The van der Waals surface area contributed by atoms with E-state index in [0.717, 1.165) is 5.75 Å². The Kier molecular flexibility index (Phi) is 5.98. The predicted molar refractivity (Wildman–Crippen MR) is 108 cm³/mol. The molecular formula is C23H38NO2+. The molecule has 3 unspecified atom stereocenters. The van der Waals surface area contributed by atoms with Crippen LogP contribution in [0.15, 0.2) is 18.2 Å². The molecular weight excluding hydrogens is 322 g/mol. The lowest BCUT2D eigenvalue weighted by atomic mass is 9.54. The minimum Gasteiger partial charge on any atom is -0.468 e. The van der Waals surface area contributed by atoms with Crippen molar-refractivity contribution in [3.05, 3.63) is 29.3 Å². The van der Waals surface area contributed by atoms with Crippen molar-refractivity contribution in [1.29, 1.82) is 0 Å². The van der Waals surface area contributed by atoms with Crippen molar-refractivity contribution in [2.24, 2.45) is 5.41 Å². The predicted octanol–water partition coefficient (Wildman–Crippen LogP) is 5.13. The molecule has 1 aromatic rings. The van der Waals surface area contributed by atoms with Crippen LogP contribution in [0.4, 0.5) is 0 Å². The molecule has 0 aliphatic heterocycles. The zero-order chi connectivity index (χ0) is 18.8. The second-order valence-electron chi connectivity index (χ2n) is 8.73. The molecule has 0 aromatic heterocycles. The van der Waals surface area contributed by atoms with Gasteiger partial charge in [-0.25, -0.2) is 0 Å². The molecule has 3 heteroatoms. The first-order chi connectivity index (χ1) is 12.5. The average molecular weight is 361 g/mol. The highest BCUT2D eigenvalue weighted by Gasteiger charge is 2.53. The van der Waals surface area contributed by atoms with Crippen molar-refractivity contribution in [1.82, 2.24) is 0 Å². The van der Waals surface area contributed by atoms with Gasteiger partial charge in [-0.05, 0) is 75.6 Å². The summed E-state index contributed by atoms with van der Waals surface area (Å²) in [4.78, 5) is 0. The van der Waals surface area contributed by atoms with Gasteiger partial charge in [0.05, 0.1) is 26.2 Å². The van der Waals surface area contributed by atoms with E-state index in [0.29, 0.717) is 24.2 Å². The molecule has 0 N–H and O–H groups in total. The van der Waals surface area contributed by atoms with Crippen LogP contribution >= 0.6 is 0 Å². The van der Waals surface area contributed by atoms with Gasteiger partial charge < -0.3 is 14.0 Å². The van der Waals surface area contributed by atoms with Crippen LogP contribution in [0.2, 0.25) is 0 Å². The van der Waals surface area contributed by atoms with Crippen molar-refractivity contribution in [3.63, 3.8) is 0 Å². The summed E-state index contributed by atoms with van der Waals surface area (Å²) in [6.07, 6.45) is 8.03. The lowest BCUT2D eigenvalue weighted by Crippen LogP contribution is -2.61. The summed E-state index contributed by atoms with van der Waals surface area (Å²) in [5.74, 6) is 1.64. The SMILES string of the molecule is CC[N+](C)(CC)C(C)C12CCCCC1c1cc(OCOC)ccc1CC2. The van der Waals surface area contributed by atoms with Gasteiger partial charge in [0.15, 0.2) is 6.79 Å². The normalized spacial score (nSPS) is 26.7. The highest BCUT2D eigenvalue weighted by atomic mass is 16.7. The molecule has 0 heterocycles. The van der Waals surface area contributed by atoms with Crippen LogP contribution in [0.25, 0.3) is 0 Å². The maximum absolute atomic E-state index is 5.78. The number of benzene rings is 1. The Morgan fingerprint density at radius 2 is 1.96 bits per heavy atom. The van der Waals surface area contributed by atoms with E-state index in [1.807, 2.05) is 0 Å². The van der Waals surface area contributed by atoms with Crippen LogP contribution in [0.3, 0.4) is 0 Å². The van der Waals surface area contributed by atoms with Crippen molar-refractivity contribution in [3.8, 4) is 5.75 Å². The van der Waals surface area contributed by atoms with Gasteiger partial charge in [0.2, 0.25) is 0 Å². The van der Waals surface area contributed by atoms with Gasteiger partial charge >= 0.3 is 0 Å². The molecule has 3 nitrogen and oxygen atoms in total. The summed E-state index contributed by atoms with van der Waals surface area (Å²) in [7, 11) is 4.15. The quantitative estimate of drug-likeness (QED) is 0.495. The van der Waals surface area contributed by atoms with Gasteiger partial charge in [-0.2, -0.15) is 0 Å². The maximum Gasteiger partial charge on any atom is 0.188 e. The van der Waals surface area contributed by atoms with Crippen LogP contribution < -0.4 is 4.74 Å². The molecule has 1 fully saturated rings. The van der Waals surface area contributed by atoms with Crippen molar-refractivity contribution in [2.75, 3.05) is 34.0 Å². The largest absolute Gasteiger partial charge is 0.468 e. The third-order valence-corrected chi connectivity index (χ3v) is 7.99. The van der Waals surface area contributed by atoms with Gasteiger partial charge in [0, 0.05) is 12.5 Å². The summed E-state index contributed by atoms with van der Waals surface area (Å²) in [6.45, 7) is 10.0. The van der Waals surface area contributed by atoms with Gasteiger partial charge in [0.25, 0.3) is 0 Å². The Bertz CT molecular complexity index is 610. The molecule has 2 aliphatic rings. The molecule has 3 atom stereocenters. The van der Waals surface area contributed by atoms with E-state index < -0.39 is 0 Å². The minimum absolute atomic E-state index is 0.325. The molecule has 0 bridgehead atoms. The Hall–Kier alpha value is -1.06. The van der Waals surface area contributed by atoms with E-state index in [-0.39, 0.29) is 0 Å². The number of nitrogens with zero attached hydrogens (tertiary/aromatic N) is 1. The average Bonchev–Trinajstić information content (AvgIpc) is 2.70. The van der Waals surface area contributed by atoms with E-state index in [4.69, 9.17) is 9.47 Å². The molecule has 146 valence electrons. The number of hydrogen-bond donors (Lipinski definition) is 0. The number of aryl methyl sites for hydroxylation is 1. The monoisotopic (exact) mass is 360 g/mol. The topological polar surface area (TPSA) is 18.5 Å². The van der Waals surface area contributed by atoms with Crippen LogP contribution in [0, 0.1) is 5.41 Å². The first-order valence-corrected chi connectivity index (χ1v) is 10.6. The maximum atomic E-state index is 5.78. The van der Waals surface area contributed by atoms with Gasteiger partial charge in [-0.1, -0.05) is 18.9 Å². The molecule has 3 rings (SSSR count). The smallest absolute Gasteiger partial charge is 0.188 e. The van der Waals surface area contributed by atoms with Crippen LogP contribution in [-0.4, -0.2) is 44.6 Å². The molecule has 0 amide bonds. The highest BCUT2D eigenvalue weighted by molar-refractivity contribution is 5.41. The zero-order valence-corrected chi connectivity index (χ0v) is 17.5. The lowest BCUT2D eigenvalue weighted by molar-refractivity contribution is -0.936. The number of hydrogen-bond acceptors (Lipinski definition) is 2. The fourth-order valence-electron chi connectivity index (χ4n) is 5.84. The van der Waals surface area contributed by atoms with Gasteiger partial charge in [-0.3, -0.25) is 0 Å². The number of rotatable bonds is 7. The summed E-state index contributed by atoms with van der Waals surface area (Å²) >= 11 is 0. The Morgan fingerprint density at radius 3 is 2.65 bits per heavy atom. The fourth-order valence-corrected chi connectivity index (χ4v) is 5.84. The van der Waals surface area contributed by atoms with Crippen molar-refractivity contribution < 1.29 is 14.0 Å². The molecule has 0 saturated heterocycles. The van der Waals surface area contributed by atoms with E-state index in [1.54, 1.807) is 18.2 Å². The second kappa shape index (κ2) is 7.90. The molecule has 2 aliphatic carbocycles. The Balaban J connectivity index is 1.99. The minimum atomic E-state index is 0.325. The first kappa shape index (κ1) is 19.7. The molecule has 26 heavy (non-hydrogen) atoms. The fraction of sp³-hybridized carbons (Fsp3) is 0.739. The first-order valence-electron chi connectivity index (χ1n) is 10.6. The number of quaternary nitrogens is 1. The van der Waals surface area contributed by atoms with Crippen molar-refractivity contribution in [2.45, 2.75) is 71.3 Å². The van der Waals surface area contributed by atoms with Gasteiger partial charge in [0.1, 0.15) is 5.75 Å². The summed E-state index contributed by atoms with van der Waals surface area (Å²) in [5, 5.41) is 0.